The van der Waals surface area contributed by atoms with E-state index in [1.807, 2.05) is 0 Å². The first kappa shape index (κ1) is 26.8. The molecule has 0 aromatic heterocycles. The molecule has 0 aromatic rings. The van der Waals surface area contributed by atoms with E-state index >= 15 is 0 Å². The summed E-state index contributed by atoms with van der Waals surface area (Å²) in [7, 11) is 0. The Kier molecular flexibility index (Phi) is 18.7. The van der Waals surface area contributed by atoms with E-state index < -0.39 is 22.7 Å². The number of carbonyl (C=O) groups is 2. The molecule has 0 aliphatic carbocycles. The van der Waals surface area contributed by atoms with Crippen molar-refractivity contribution in [2.75, 3.05) is 0 Å². The van der Waals surface area contributed by atoms with Crippen molar-refractivity contribution in [3.8, 4) is 0 Å². The van der Waals surface area contributed by atoms with Crippen LogP contribution >= 0.6 is 23.2 Å². The fourth-order valence-corrected chi connectivity index (χ4v) is 0. The van der Waals surface area contributed by atoms with Gasteiger partial charge in [-0.15, -0.1) is 0 Å². The van der Waals surface area contributed by atoms with Crippen LogP contribution in [-0.2, 0) is 9.59 Å². The molecule has 0 unspecified atom stereocenters. The van der Waals surface area contributed by atoms with Crippen LogP contribution in [-0.4, -0.2) is 22.7 Å². The number of alkyl halides is 6. The molecule has 0 rings (SSSR count). The monoisotopic (exact) mass is 414 g/mol. The Morgan fingerprint density at radius 1 is 0.875 bits per heavy atom. The smallest absolute Gasteiger partial charge is 0.543 e. The molecule has 0 bridgehead atoms. The number of aliphatic carboxylic acids is 2. The first-order valence-corrected chi connectivity index (χ1v) is 3.21. The van der Waals surface area contributed by atoms with Crippen LogP contribution in [0.4, 0.5) is 17.6 Å². The Hall–Kier alpha value is 2.29. The average molecular weight is 415 g/mol. The Balaban J connectivity index is -0.0000000800. The minimum atomic E-state index is -4.22. The maximum atomic E-state index is 10.9. The van der Waals surface area contributed by atoms with Crippen LogP contribution in [0.5, 0.6) is 0 Å². The quantitative estimate of drug-likeness (QED) is 0.255. The molecule has 0 aliphatic rings. The van der Waals surface area contributed by atoms with Crippen LogP contribution in [0.15, 0.2) is 0 Å². The third kappa shape index (κ3) is 18.7. The van der Waals surface area contributed by atoms with Crippen molar-refractivity contribution in [1.29, 1.82) is 0 Å². The zero-order valence-electron chi connectivity index (χ0n) is 7.90. The van der Waals surface area contributed by atoms with Gasteiger partial charge in [-0.1, -0.05) is 0 Å². The first-order chi connectivity index (χ1) is 5.89. The third-order valence-electron chi connectivity index (χ3n) is 0.463. The minimum absolute atomic E-state index is 0. The summed E-state index contributed by atoms with van der Waals surface area (Å²) in [6.45, 7) is 0. The van der Waals surface area contributed by atoms with Crippen LogP contribution in [0.3, 0.4) is 0 Å². The van der Waals surface area contributed by atoms with Crippen molar-refractivity contribution in [3.05, 3.63) is 0 Å². The predicted octanol–water partition coefficient (Wildman–Crippen LogP) is -6.86. The molecule has 0 aliphatic heterocycles. The number of carboxylic acid groups (broad SMARTS) is 2. The Labute approximate surface area is 178 Å². The van der Waals surface area contributed by atoms with Crippen molar-refractivity contribution in [2.24, 2.45) is 0 Å². The van der Waals surface area contributed by atoms with E-state index in [0.717, 1.165) is 0 Å². The van der Waals surface area contributed by atoms with E-state index in [0.29, 0.717) is 0 Å². The molecule has 0 radical (unpaired) electrons. The number of halogens is 6. The number of hydrogen-bond acceptors (Lipinski definition) is 4. The Morgan fingerprint density at radius 2 is 0.938 bits per heavy atom. The van der Waals surface area contributed by atoms with Crippen LogP contribution in [0, 0.1) is 0 Å². The molecule has 0 saturated heterocycles. The predicted molar refractivity (Wildman–Crippen MR) is 31.6 cm³/mol. The molecule has 0 N–H and O–H groups in total. The van der Waals surface area contributed by atoms with Gasteiger partial charge in [-0.2, -0.15) is 17.6 Å². The van der Waals surface area contributed by atoms with Crippen LogP contribution < -0.4 is 109 Å². The molecular formula is C4Cl2CsF4NaO4. The number of hydrogen-bond donors (Lipinski definition) is 0. The van der Waals surface area contributed by atoms with Gasteiger partial charge in [-0.05, 0) is 23.2 Å². The molecule has 0 fully saturated rings. The average Bonchev–Trinajstić information content (AvgIpc) is 1.83. The molecule has 0 amide bonds. The van der Waals surface area contributed by atoms with Crippen molar-refractivity contribution in [1.82, 2.24) is 0 Å². The van der Waals surface area contributed by atoms with Gasteiger partial charge >= 0.3 is 109 Å². The van der Waals surface area contributed by atoms with Gasteiger partial charge in [-0.3, -0.25) is 0 Å². The summed E-state index contributed by atoms with van der Waals surface area (Å²) >= 11 is 7.75. The fraction of sp³-hybridized carbons (Fsp3) is 0.500. The van der Waals surface area contributed by atoms with Crippen molar-refractivity contribution >= 4 is 35.1 Å². The Morgan fingerprint density at radius 3 is 0.938 bits per heavy atom. The van der Waals surface area contributed by atoms with Gasteiger partial charge in [-0.25, -0.2) is 0 Å². The molecule has 0 heterocycles. The van der Waals surface area contributed by atoms with Crippen molar-refractivity contribution in [3.63, 3.8) is 0 Å². The summed E-state index contributed by atoms with van der Waals surface area (Å²) < 4.78 is 43.8. The van der Waals surface area contributed by atoms with E-state index in [1.54, 1.807) is 0 Å². The zero-order valence-corrected chi connectivity index (χ0v) is 17.7. The minimum Gasteiger partial charge on any atom is -0.543 e. The maximum Gasteiger partial charge on any atom is 1.00 e. The van der Waals surface area contributed by atoms with E-state index in [-0.39, 0.29) is 98.5 Å². The SMILES string of the molecule is O=C([O-])C(F)(F)Cl.O=C([O-])C(F)(F)Cl.[Cs+].[Na+]. The molecule has 16 heavy (non-hydrogen) atoms. The maximum absolute atomic E-state index is 10.9. The van der Waals surface area contributed by atoms with E-state index in [9.17, 15) is 17.6 Å². The fourth-order valence-electron chi connectivity index (χ4n) is 0. The summed E-state index contributed by atoms with van der Waals surface area (Å²) in [5, 5.41) is 9.61. The molecule has 12 heteroatoms. The van der Waals surface area contributed by atoms with Gasteiger partial charge in [0.25, 0.3) is 0 Å². The van der Waals surface area contributed by atoms with Crippen LogP contribution in [0.2, 0.25) is 0 Å². The molecule has 84 valence electrons. The number of carboxylic acids is 2. The van der Waals surface area contributed by atoms with E-state index in [2.05, 4.69) is 23.2 Å². The van der Waals surface area contributed by atoms with Gasteiger partial charge in [0.15, 0.2) is 0 Å². The molecular weight excluding hydrogens is 415 g/mol. The van der Waals surface area contributed by atoms with Crippen LogP contribution in [0.25, 0.3) is 0 Å². The summed E-state index contributed by atoms with van der Waals surface area (Å²) in [6, 6.07) is 0. The zero-order chi connectivity index (χ0) is 12.2. The van der Waals surface area contributed by atoms with Gasteiger partial charge in [0.05, 0.1) is 0 Å². The van der Waals surface area contributed by atoms with Gasteiger partial charge in [0.2, 0.25) is 0 Å². The Bertz CT molecular complexity index is 207. The molecule has 4 nitrogen and oxygen atoms in total. The van der Waals surface area contributed by atoms with Gasteiger partial charge < -0.3 is 19.8 Å². The normalized spacial score (nSPS) is 9.88. The molecule has 0 spiro atoms. The number of carbonyl (C=O) groups excluding carboxylic acids is 2. The van der Waals surface area contributed by atoms with Crippen molar-refractivity contribution < 1.29 is 136 Å². The second-order valence-electron chi connectivity index (χ2n) is 1.57. The largest absolute Gasteiger partial charge is 1.00 e. The second-order valence-corrected chi connectivity index (χ2v) is 2.52. The molecule has 0 aromatic carbocycles. The summed E-state index contributed by atoms with van der Waals surface area (Å²) in [6.07, 6.45) is 0. The molecule has 0 atom stereocenters. The van der Waals surface area contributed by atoms with Gasteiger partial charge in [0, 0.05) is 0 Å². The van der Waals surface area contributed by atoms with Crippen molar-refractivity contribution in [2.45, 2.75) is 10.8 Å². The third-order valence-corrected chi connectivity index (χ3v) is 0.772. The van der Waals surface area contributed by atoms with Crippen LogP contribution in [0.1, 0.15) is 0 Å². The summed E-state index contributed by atoms with van der Waals surface area (Å²) in [5.41, 5.74) is 0. The summed E-state index contributed by atoms with van der Waals surface area (Å²) in [4.78, 5) is 18.1. The van der Waals surface area contributed by atoms with E-state index in [4.69, 9.17) is 19.8 Å². The second kappa shape index (κ2) is 11.1. The number of rotatable bonds is 2. The first-order valence-electron chi connectivity index (χ1n) is 2.45. The summed E-state index contributed by atoms with van der Waals surface area (Å²) in [5.74, 6) is -5.15. The standard InChI is InChI=1S/2C2HClF2O2.Cs.Na/c2*3-2(4,5)1(6)7;;/h2*(H,6,7);;/q;;2*+1/p-2. The van der Waals surface area contributed by atoms with E-state index in [1.165, 1.54) is 0 Å². The topological polar surface area (TPSA) is 80.3 Å². The van der Waals surface area contributed by atoms with Gasteiger partial charge in [0.1, 0.15) is 11.9 Å². The molecule has 0 saturated carbocycles.